The number of nitrogens with zero attached hydrogens (tertiary/aromatic N) is 1. The van der Waals surface area contributed by atoms with Crippen LogP contribution in [0.4, 0.5) is 5.69 Å². The van der Waals surface area contributed by atoms with Crippen molar-refractivity contribution >= 4 is 26.4 Å². The topological polar surface area (TPSA) is 29.5 Å². The van der Waals surface area contributed by atoms with E-state index in [0.29, 0.717) is 0 Å². The molecule has 1 saturated heterocycles. The molecule has 0 bridgehead atoms. The van der Waals surface area contributed by atoms with Gasteiger partial charge < -0.3 is 9.64 Å². The van der Waals surface area contributed by atoms with Crippen molar-refractivity contribution in [2.24, 2.45) is 0 Å². The standard InChI is InChI=1S/C8H11NO2S2/c1-6-7(8(10)13-12-6)9-2-4-11-5-3-9/h2-5H2,1H3. The van der Waals surface area contributed by atoms with Crippen molar-refractivity contribution in [1.29, 1.82) is 0 Å². The Hall–Kier alpha value is -0.390. The molecule has 1 aliphatic rings. The van der Waals surface area contributed by atoms with Crippen LogP contribution in [0.25, 0.3) is 0 Å². The highest BCUT2D eigenvalue weighted by molar-refractivity contribution is 7.68. The van der Waals surface area contributed by atoms with Crippen molar-refractivity contribution in [1.82, 2.24) is 0 Å². The van der Waals surface area contributed by atoms with E-state index in [4.69, 9.17) is 4.74 Å². The number of ether oxygens (including phenoxy) is 1. The highest BCUT2D eigenvalue weighted by Gasteiger charge is 2.17. The monoisotopic (exact) mass is 217 g/mol. The molecule has 13 heavy (non-hydrogen) atoms. The van der Waals surface area contributed by atoms with Gasteiger partial charge in [0.25, 0.3) is 4.74 Å². The Bertz CT molecular complexity index is 338. The minimum Gasteiger partial charge on any atom is -0.378 e. The summed E-state index contributed by atoms with van der Waals surface area (Å²) in [6.07, 6.45) is 0. The van der Waals surface area contributed by atoms with Crippen LogP contribution < -0.4 is 9.64 Å². The fourth-order valence-electron chi connectivity index (χ4n) is 1.46. The lowest BCUT2D eigenvalue weighted by Crippen LogP contribution is -2.38. The maximum atomic E-state index is 11.5. The Balaban J connectivity index is 2.27. The van der Waals surface area contributed by atoms with E-state index in [9.17, 15) is 4.79 Å². The minimum absolute atomic E-state index is 0.199. The van der Waals surface area contributed by atoms with Crippen LogP contribution in [-0.4, -0.2) is 26.3 Å². The molecule has 2 heterocycles. The molecule has 5 heteroatoms. The molecule has 3 nitrogen and oxygen atoms in total. The average molecular weight is 217 g/mol. The molecule has 0 saturated carbocycles. The summed E-state index contributed by atoms with van der Waals surface area (Å²) in [6.45, 7) is 5.17. The first kappa shape index (κ1) is 9.18. The zero-order valence-electron chi connectivity index (χ0n) is 7.41. The van der Waals surface area contributed by atoms with E-state index < -0.39 is 0 Å². The maximum Gasteiger partial charge on any atom is 0.266 e. The van der Waals surface area contributed by atoms with E-state index in [1.165, 1.54) is 10.3 Å². The van der Waals surface area contributed by atoms with Crippen LogP contribution in [0.5, 0.6) is 0 Å². The van der Waals surface area contributed by atoms with Gasteiger partial charge in [-0.1, -0.05) is 10.3 Å². The fourth-order valence-corrected chi connectivity index (χ4v) is 3.46. The van der Waals surface area contributed by atoms with Crippen molar-refractivity contribution in [2.75, 3.05) is 31.2 Å². The van der Waals surface area contributed by atoms with Crippen molar-refractivity contribution < 1.29 is 4.74 Å². The lowest BCUT2D eigenvalue weighted by molar-refractivity contribution is 0.122. The molecule has 72 valence electrons. The average Bonchev–Trinajstić information content (AvgIpc) is 2.48. The predicted octanol–water partition coefficient (Wildman–Crippen LogP) is 1.31. The lowest BCUT2D eigenvalue weighted by Gasteiger charge is -2.27. The number of hydrogen-bond acceptors (Lipinski definition) is 5. The Kier molecular flexibility index (Phi) is 2.66. The summed E-state index contributed by atoms with van der Waals surface area (Å²) >= 11 is 0. The summed E-state index contributed by atoms with van der Waals surface area (Å²) in [7, 11) is 2.90. The summed E-state index contributed by atoms with van der Waals surface area (Å²) in [6, 6.07) is 0. The third kappa shape index (κ3) is 1.77. The van der Waals surface area contributed by atoms with Gasteiger partial charge in [-0.15, -0.1) is 0 Å². The number of hydrogen-bond donors (Lipinski definition) is 0. The molecule has 2 rings (SSSR count). The molecule has 1 aromatic heterocycles. The summed E-state index contributed by atoms with van der Waals surface area (Å²) in [4.78, 5) is 14.8. The lowest BCUT2D eigenvalue weighted by atomic mass is 10.3. The normalized spacial score (nSPS) is 17.8. The second-order valence-corrected chi connectivity index (χ2v) is 5.27. The first-order valence-electron chi connectivity index (χ1n) is 4.21. The van der Waals surface area contributed by atoms with Gasteiger partial charge in [-0.05, 0) is 17.3 Å². The fraction of sp³-hybridized carbons (Fsp3) is 0.625. The van der Waals surface area contributed by atoms with Gasteiger partial charge in [0.1, 0.15) is 5.69 Å². The smallest absolute Gasteiger partial charge is 0.266 e. The molecule has 0 unspecified atom stereocenters. The third-order valence-corrected chi connectivity index (χ3v) is 4.42. The second-order valence-electron chi connectivity index (χ2n) is 2.96. The number of morpholine rings is 1. The van der Waals surface area contributed by atoms with Crippen LogP contribution in [-0.2, 0) is 4.74 Å². The largest absolute Gasteiger partial charge is 0.378 e. The van der Waals surface area contributed by atoms with Crippen LogP contribution in [0.3, 0.4) is 0 Å². The zero-order valence-corrected chi connectivity index (χ0v) is 9.04. The van der Waals surface area contributed by atoms with Crippen LogP contribution in [0.2, 0.25) is 0 Å². The minimum atomic E-state index is 0.199. The van der Waals surface area contributed by atoms with Crippen LogP contribution in [0.15, 0.2) is 4.79 Å². The number of rotatable bonds is 1. The van der Waals surface area contributed by atoms with Crippen molar-refractivity contribution in [2.45, 2.75) is 6.92 Å². The predicted molar refractivity (Wildman–Crippen MR) is 56.2 cm³/mol. The highest BCUT2D eigenvalue weighted by atomic mass is 32.9. The summed E-state index contributed by atoms with van der Waals surface area (Å²) in [5, 5.41) is 0. The summed E-state index contributed by atoms with van der Waals surface area (Å²) in [5.74, 6) is 0. The van der Waals surface area contributed by atoms with Gasteiger partial charge >= 0.3 is 0 Å². The molecular weight excluding hydrogens is 206 g/mol. The molecule has 0 atom stereocenters. The summed E-state index contributed by atoms with van der Waals surface area (Å²) in [5.41, 5.74) is 0.901. The van der Waals surface area contributed by atoms with Gasteiger partial charge in [-0.3, -0.25) is 4.79 Å². The molecule has 0 amide bonds. The van der Waals surface area contributed by atoms with Crippen LogP contribution in [0, 0.1) is 6.92 Å². The molecule has 1 aromatic rings. The molecule has 0 radical (unpaired) electrons. The maximum absolute atomic E-state index is 11.5. The third-order valence-electron chi connectivity index (χ3n) is 2.10. The van der Waals surface area contributed by atoms with Gasteiger partial charge in [-0.2, -0.15) is 0 Å². The first-order valence-corrected chi connectivity index (χ1v) is 6.36. The van der Waals surface area contributed by atoms with E-state index in [1.807, 2.05) is 6.92 Å². The molecule has 0 N–H and O–H groups in total. The molecule has 0 spiro atoms. The molecule has 0 aromatic carbocycles. The van der Waals surface area contributed by atoms with Crippen molar-refractivity contribution in [3.63, 3.8) is 0 Å². The van der Waals surface area contributed by atoms with Gasteiger partial charge in [0.05, 0.1) is 13.2 Å². The van der Waals surface area contributed by atoms with Gasteiger partial charge in [0.15, 0.2) is 0 Å². The Morgan fingerprint density at radius 3 is 2.54 bits per heavy atom. The van der Waals surface area contributed by atoms with Crippen molar-refractivity contribution in [3.05, 3.63) is 14.4 Å². The van der Waals surface area contributed by atoms with E-state index in [1.54, 1.807) is 10.3 Å². The van der Waals surface area contributed by atoms with E-state index in [2.05, 4.69) is 4.90 Å². The highest BCUT2D eigenvalue weighted by Crippen LogP contribution is 2.23. The molecule has 0 aliphatic carbocycles. The van der Waals surface area contributed by atoms with E-state index in [0.717, 1.165) is 36.9 Å². The molecule has 1 aliphatic heterocycles. The molecular formula is C8H11NO2S2. The van der Waals surface area contributed by atoms with Gasteiger partial charge in [0, 0.05) is 18.0 Å². The SMILES string of the molecule is Cc1ssc(=O)c1N1CCOCC1. The second kappa shape index (κ2) is 3.77. The first-order chi connectivity index (χ1) is 6.29. The van der Waals surface area contributed by atoms with E-state index >= 15 is 0 Å². The Labute approximate surface area is 84.0 Å². The van der Waals surface area contributed by atoms with Gasteiger partial charge in [-0.25, -0.2) is 0 Å². The van der Waals surface area contributed by atoms with Gasteiger partial charge in [0.2, 0.25) is 0 Å². The Morgan fingerprint density at radius 2 is 2.00 bits per heavy atom. The van der Waals surface area contributed by atoms with Crippen molar-refractivity contribution in [3.8, 4) is 0 Å². The number of aryl methyl sites for hydroxylation is 1. The Morgan fingerprint density at radius 1 is 1.31 bits per heavy atom. The van der Waals surface area contributed by atoms with Crippen LogP contribution in [0.1, 0.15) is 4.88 Å². The molecule has 1 fully saturated rings. The zero-order chi connectivity index (χ0) is 9.26. The summed E-state index contributed by atoms with van der Waals surface area (Å²) < 4.78 is 5.44. The number of anilines is 1. The quantitative estimate of drug-likeness (QED) is 0.664. The van der Waals surface area contributed by atoms with E-state index in [-0.39, 0.29) is 4.74 Å². The van der Waals surface area contributed by atoms with Crippen LogP contribution >= 0.6 is 20.7 Å².